The van der Waals surface area contributed by atoms with E-state index in [-0.39, 0.29) is 5.78 Å². The number of carbonyl (C=O) groups is 1. The van der Waals surface area contributed by atoms with Crippen LogP contribution in [0.25, 0.3) is 17.1 Å². The topological polar surface area (TPSA) is 47.8 Å². The predicted molar refractivity (Wildman–Crippen MR) is 93.2 cm³/mol. The summed E-state index contributed by atoms with van der Waals surface area (Å²) in [6.45, 7) is 1.56. The third-order valence-electron chi connectivity index (χ3n) is 3.15. The number of halogens is 1. The number of benzene rings is 2. The Hall–Kier alpha value is -2.11. The van der Waals surface area contributed by atoms with Gasteiger partial charge in [-0.25, -0.2) is 0 Å². The van der Waals surface area contributed by atoms with Crippen LogP contribution in [0.15, 0.2) is 59.8 Å². The number of hydrogen-bond donors (Lipinski definition) is 0. The highest BCUT2D eigenvalue weighted by Crippen LogP contribution is 2.28. The van der Waals surface area contributed by atoms with Crippen molar-refractivity contribution in [3.8, 4) is 17.1 Å². The van der Waals surface area contributed by atoms with Crippen molar-refractivity contribution in [3.63, 3.8) is 0 Å². The van der Waals surface area contributed by atoms with Gasteiger partial charge in [-0.3, -0.25) is 9.36 Å². The molecule has 1 heterocycles. The molecule has 0 radical (unpaired) electrons. The SMILES string of the molecule is CC(=O)CSc1nnc(-c2ccccc2)n1-c1ccc(Cl)cc1. The maximum Gasteiger partial charge on any atom is 0.196 e. The summed E-state index contributed by atoms with van der Waals surface area (Å²) in [5.74, 6) is 1.20. The maximum atomic E-state index is 11.3. The average molecular weight is 344 g/mol. The number of carbonyl (C=O) groups excluding carboxylic acids is 1. The van der Waals surface area contributed by atoms with E-state index in [1.807, 2.05) is 59.2 Å². The van der Waals surface area contributed by atoms with Gasteiger partial charge >= 0.3 is 0 Å². The molecule has 116 valence electrons. The molecule has 23 heavy (non-hydrogen) atoms. The number of Topliss-reactive ketones (excluding diaryl/α,β-unsaturated/α-hetero) is 1. The molecule has 6 heteroatoms. The van der Waals surface area contributed by atoms with Gasteiger partial charge in [0.05, 0.1) is 5.75 Å². The van der Waals surface area contributed by atoms with Gasteiger partial charge in [-0.2, -0.15) is 0 Å². The first-order chi connectivity index (χ1) is 11.1. The molecule has 0 amide bonds. The molecular weight excluding hydrogens is 330 g/mol. The van der Waals surface area contributed by atoms with Gasteiger partial charge in [0.25, 0.3) is 0 Å². The van der Waals surface area contributed by atoms with Crippen LogP contribution in [0.3, 0.4) is 0 Å². The summed E-state index contributed by atoms with van der Waals surface area (Å²) >= 11 is 7.36. The molecule has 2 aromatic carbocycles. The van der Waals surface area contributed by atoms with Gasteiger partial charge in [0, 0.05) is 16.3 Å². The number of thioether (sulfide) groups is 1. The normalized spacial score (nSPS) is 10.7. The highest BCUT2D eigenvalue weighted by Gasteiger charge is 2.16. The van der Waals surface area contributed by atoms with Crippen molar-refractivity contribution in [3.05, 3.63) is 59.6 Å². The first-order valence-electron chi connectivity index (χ1n) is 7.04. The van der Waals surface area contributed by atoms with Crippen LogP contribution in [0.1, 0.15) is 6.92 Å². The zero-order chi connectivity index (χ0) is 16.2. The van der Waals surface area contributed by atoms with Crippen LogP contribution in [0, 0.1) is 0 Å². The Kier molecular flexibility index (Phi) is 4.79. The van der Waals surface area contributed by atoms with E-state index in [2.05, 4.69) is 10.2 Å². The fourth-order valence-electron chi connectivity index (χ4n) is 2.13. The summed E-state index contributed by atoms with van der Waals surface area (Å²) in [4.78, 5) is 11.3. The van der Waals surface area contributed by atoms with Gasteiger partial charge in [-0.15, -0.1) is 10.2 Å². The van der Waals surface area contributed by atoms with Gasteiger partial charge in [0.2, 0.25) is 0 Å². The van der Waals surface area contributed by atoms with Crippen LogP contribution in [0.5, 0.6) is 0 Å². The molecule has 1 aromatic heterocycles. The molecule has 0 aliphatic heterocycles. The summed E-state index contributed by atoms with van der Waals surface area (Å²) in [5.41, 5.74) is 1.87. The predicted octanol–water partition coefficient (Wildman–Crippen LogP) is 4.27. The van der Waals surface area contributed by atoms with E-state index in [1.54, 1.807) is 6.92 Å². The average Bonchev–Trinajstić information content (AvgIpc) is 2.98. The lowest BCUT2D eigenvalue weighted by Crippen LogP contribution is -2.01. The molecular formula is C17H14ClN3OS. The quantitative estimate of drug-likeness (QED) is 0.649. The van der Waals surface area contributed by atoms with E-state index in [4.69, 9.17) is 11.6 Å². The second kappa shape index (κ2) is 6.98. The summed E-state index contributed by atoms with van der Waals surface area (Å²) < 4.78 is 1.94. The van der Waals surface area contributed by atoms with Crippen molar-refractivity contribution < 1.29 is 4.79 Å². The van der Waals surface area contributed by atoms with Gasteiger partial charge in [0.1, 0.15) is 5.78 Å². The van der Waals surface area contributed by atoms with Crippen molar-refractivity contribution >= 4 is 29.1 Å². The Bertz CT molecular complexity index is 816. The van der Waals surface area contributed by atoms with Gasteiger partial charge < -0.3 is 0 Å². The number of aromatic nitrogens is 3. The highest BCUT2D eigenvalue weighted by atomic mass is 35.5. The van der Waals surface area contributed by atoms with E-state index < -0.39 is 0 Å². The lowest BCUT2D eigenvalue weighted by Gasteiger charge is -2.10. The van der Waals surface area contributed by atoms with Crippen molar-refractivity contribution in [2.45, 2.75) is 12.1 Å². The van der Waals surface area contributed by atoms with E-state index in [1.165, 1.54) is 11.8 Å². The monoisotopic (exact) mass is 343 g/mol. The van der Waals surface area contributed by atoms with Crippen molar-refractivity contribution in [1.82, 2.24) is 14.8 Å². The number of hydrogen-bond acceptors (Lipinski definition) is 4. The van der Waals surface area contributed by atoms with Crippen molar-refractivity contribution in [2.24, 2.45) is 0 Å². The zero-order valence-corrected chi connectivity index (χ0v) is 14.0. The third-order valence-corrected chi connectivity index (χ3v) is 4.48. The molecule has 0 atom stereocenters. The fourth-order valence-corrected chi connectivity index (χ4v) is 3.00. The summed E-state index contributed by atoms with van der Waals surface area (Å²) in [5, 5.41) is 9.91. The van der Waals surface area contributed by atoms with Crippen molar-refractivity contribution in [1.29, 1.82) is 0 Å². The Balaban J connectivity index is 2.10. The summed E-state index contributed by atoms with van der Waals surface area (Å²) in [6.07, 6.45) is 0. The molecule has 0 aliphatic carbocycles. The number of nitrogens with zero attached hydrogens (tertiary/aromatic N) is 3. The second-order valence-electron chi connectivity index (χ2n) is 4.97. The van der Waals surface area contributed by atoms with Gasteiger partial charge in [-0.1, -0.05) is 53.7 Å². The molecule has 3 rings (SSSR count). The lowest BCUT2D eigenvalue weighted by molar-refractivity contribution is -0.114. The third kappa shape index (κ3) is 3.63. The summed E-state index contributed by atoms with van der Waals surface area (Å²) in [7, 11) is 0. The standard InChI is InChI=1S/C17H14ClN3OS/c1-12(22)11-23-17-20-19-16(13-5-3-2-4-6-13)21(17)15-9-7-14(18)8-10-15/h2-10H,11H2,1H3. The van der Waals surface area contributed by atoms with E-state index in [0.717, 1.165) is 17.1 Å². The largest absolute Gasteiger partial charge is 0.299 e. The first kappa shape index (κ1) is 15.8. The van der Waals surface area contributed by atoms with Gasteiger partial charge in [-0.05, 0) is 31.2 Å². The number of ketones is 1. The molecule has 0 N–H and O–H groups in total. The summed E-state index contributed by atoms with van der Waals surface area (Å²) in [6, 6.07) is 17.3. The zero-order valence-electron chi connectivity index (χ0n) is 12.4. The molecule has 0 spiro atoms. The van der Waals surface area contributed by atoms with Crippen LogP contribution >= 0.6 is 23.4 Å². The minimum Gasteiger partial charge on any atom is -0.299 e. The highest BCUT2D eigenvalue weighted by molar-refractivity contribution is 7.99. The van der Waals surface area contributed by atoms with Crippen LogP contribution in [-0.4, -0.2) is 26.3 Å². The lowest BCUT2D eigenvalue weighted by atomic mass is 10.2. The van der Waals surface area contributed by atoms with Crippen LogP contribution < -0.4 is 0 Å². The second-order valence-corrected chi connectivity index (χ2v) is 6.35. The number of rotatable bonds is 5. The van der Waals surface area contributed by atoms with Crippen molar-refractivity contribution in [2.75, 3.05) is 5.75 Å². The molecule has 0 unspecified atom stereocenters. The van der Waals surface area contributed by atoms with Crippen LogP contribution in [0.2, 0.25) is 5.02 Å². The Morgan fingerprint density at radius 2 is 1.78 bits per heavy atom. The van der Waals surface area contributed by atoms with Crippen LogP contribution in [0.4, 0.5) is 0 Å². The van der Waals surface area contributed by atoms with E-state index in [0.29, 0.717) is 15.9 Å². The smallest absolute Gasteiger partial charge is 0.196 e. The van der Waals surface area contributed by atoms with Crippen LogP contribution in [-0.2, 0) is 4.79 Å². The molecule has 0 bridgehead atoms. The minimum absolute atomic E-state index is 0.0990. The molecule has 0 saturated carbocycles. The first-order valence-corrected chi connectivity index (χ1v) is 8.40. The van der Waals surface area contributed by atoms with E-state index >= 15 is 0 Å². The fraction of sp³-hybridized carbons (Fsp3) is 0.118. The molecule has 0 fully saturated rings. The van der Waals surface area contributed by atoms with Gasteiger partial charge in [0.15, 0.2) is 11.0 Å². The maximum absolute atomic E-state index is 11.3. The molecule has 3 aromatic rings. The molecule has 0 saturated heterocycles. The van der Waals surface area contributed by atoms with E-state index in [9.17, 15) is 4.79 Å². The minimum atomic E-state index is 0.0990. The Labute approximate surface area is 143 Å². The molecule has 4 nitrogen and oxygen atoms in total. The molecule has 0 aliphatic rings. The Morgan fingerprint density at radius 3 is 2.43 bits per heavy atom. The Morgan fingerprint density at radius 1 is 1.09 bits per heavy atom.